The molecule has 0 atom stereocenters. The zero-order chi connectivity index (χ0) is 23.3. The number of halogens is 1. The van der Waals surface area contributed by atoms with Crippen molar-refractivity contribution < 1.29 is 18.7 Å². The van der Waals surface area contributed by atoms with E-state index in [9.17, 15) is 9.18 Å². The Morgan fingerprint density at radius 1 is 0.971 bits per heavy atom. The van der Waals surface area contributed by atoms with Crippen LogP contribution in [-0.2, 0) is 17.8 Å². The molecule has 1 saturated heterocycles. The second-order valence-electron chi connectivity index (χ2n) is 8.31. The average molecular weight is 457 g/mol. The molecule has 3 aromatic carbocycles. The van der Waals surface area contributed by atoms with E-state index in [-0.39, 0.29) is 12.2 Å². The molecule has 1 aliphatic heterocycles. The summed E-state index contributed by atoms with van der Waals surface area (Å²) in [5, 5.41) is 1.89. The number of carbonyl (C=O) groups excluding carboxylic acids is 1. The lowest BCUT2D eigenvalue weighted by Gasteiger charge is -2.29. The fraction of sp³-hybridized carbons (Fsp3) is 0.214. The number of anilines is 1. The van der Waals surface area contributed by atoms with Crippen LogP contribution in [0.5, 0.6) is 5.75 Å². The van der Waals surface area contributed by atoms with Gasteiger partial charge in [-0.2, -0.15) is 0 Å². The molecule has 0 saturated carbocycles. The molecule has 0 aliphatic carbocycles. The molecular weight excluding hydrogens is 431 g/mol. The molecule has 172 valence electrons. The van der Waals surface area contributed by atoms with Gasteiger partial charge in [-0.05, 0) is 52.9 Å². The first-order valence-corrected chi connectivity index (χ1v) is 11.4. The van der Waals surface area contributed by atoms with Crippen molar-refractivity contribution >= 4 is 22.2 Å². The molecule has 0 spiro atoms. The number of morpholine rings is 1. The van der Waals surface area contributed by atoms with Gasteiger partial charge in [-0.1, -0.05) is 30.3 Å². The van der Waals surface area contributed by atoms with Crippen LogP contribution in [0.15, 0.2) is 79.1 Å². The van der Waals surface area contributed by atoms with E-state index in [1.54, 1.807) is 18.5 Å². The Morgan fingerprint density at radius 2 is 1.74 bits per heavy atom. The molecule has 1 fully saturated rings. The van der Waals surface area contributed by atoms with E-state index in [1.165, 1.54) is 12.1 Å². The first-order chi connectivity index (χ1) is 16.7. The highest BCUT2D eigenvalue weighted by Crippen LogP contribution is 2.30. The van der Waals surface area contributed by atoms with Crippen LogP contribution in [0.4, 0.5) is 10.1 Å². The second-order valence-corrected chi connectivity index (χ2v) is 8.31. The predicted molar refractivity (Wildman–Crippen MR) is 130 cm³/mol. The van der Waals surface area contributed by atoms with Crippen molar-refractivity contribution in [3.05, 3.63) is 102 Å². The van der Waals surface area contributed by atoms with Crippen molar-refractivity contribution in [2.75, 3.05) is 31.2 Å². The number of fused-ring (bicyclic) bond motifs is 1. The zero-order valence-corrected chi connectivity index (χ0v) is 18.7. The van der Waals surface area contributed by atoms with Gasteiger partial charge in [0.25, 0.3) is 0 Å². The molecule has 0 N–H and O–H groups in total. The highest BCUT2D eigenvalue weighted by atomic mass is 19.1. The van der Waals surface area contributed by atoms with E-state index in [1.807, 2.05) is 53.4 Å². The van der Waals surface area contributed by atoms with E-state index in [2.05, 4.69) is 4.98 Å². The number of hydrogen-bond donors (Lipinski definition) is 0. The van der Waals surface area contributed by atoms with E-state index in [0.29, 0.717) is 38.5 Å². The molecule has 2 heterocycles. The van der Waals surface area contributed by atoms with E-state index in [4.69, 9.17) is 9.47 Å². The Labute approximate surface area is 197 Å². The SMILES string of the molecule is O=C(Cc1ccc(OCc2ccncc2)c2ccccc12)c1cc(F)cc(N2CCOCC2)c1. The number of aromatic nitrogens is 1. The number of hydrogen-bond acceptors (Lipinski definition) is 5. The highest BCUT2D eigenvalue weighted by molar-refractivity contribution is 6.01. The third kappa shape index (κ3) is 4.92. The molecule has 4 aromatic rings. The number of benzene rings is 3. The third-order valence-electron chi connectivity index (χ3n) is 6.05. The predicted octanol–water partition coefficient (Wildman–Crippen LogP) is 5.21. The van der Waals surface area contributed by atoms with Crippen molar-refractivity contribution in [3.63, 3.8) is 0 Å². The van der Waals surface area contributed by atoms with Crippen LogP contribution in [0.2, 0.25) is 0 Å². The number of nitrogens with zero attached hydrogens (tertiary/aromatic N) is 2. The summed E-state index contributed by atoms with van der Waals surface area (Å²) in [5.74, 6) is 0.227. The van der Waals surface area contributed by atoms with E-state index in [0.717, 1.165) is 33.3 Å². The Hall–Kier alpha value is -3.77. The summed E-state index contributed by atoms with van der Waals surface area (Å²) in [4.78, 5) is 19.3. The van der Waals surface area contributed by atoms with Gasteiger partial charge in [0, 0.05) is 48.5 Å². The number of rotatable bonds is 7. The number of ether oxygens (including phenoxy) is 2. The molecule has 0 radical (unpaired) electrons. The summed E-state index contributed by atoms with van der Waals surface area (Å²) >= 11 is 0. The first-order valence-electron chi connectivity index (χ1n) is 11.4. The Morgan fingerprint density at radius 3 is 2.53 bits per heavy atom. The van der Waals surface area contributed by atoms with Gasteiger partial charge in [-0.15, -0.1) is 0 Å². The van der Waals surface area contributed by atoms with Crippen LogP contribution in [0, 0.1) is 5.82 Å². The summed E-state index contributed by atoms with van der Waals surface area (Å²) in [6.07, 6.45) is 3.65. The van der Waals surface area contributed by atoms with Crippen molar-refractivity contribution in [2.24, 2.45) is 0 Å². The highest BCUT2D eigenvalue weighted by Gasteiger charge is 2.17. The monoisotopic (exact) mass is 456 g/mol. The van der Waals surface area contributed by atoms with Crippen LogP contribution in [0.3, 0.4) is 0 Å². The van der Waals surface area contributed by atoms with E-state index < -0.39 is 5.82 Å². The molecule has 0 unspecified atom stereocenters. The first kappa shape index (κ1) is 22.0. The number of Topliss-reactive ketones (excluding diaryl/α,β-unsaturated/α-hetero) is 1. The van der Waals surface area contributed by atoms with Crippen molar-refractivity contribution in [1.82, 2.24) is 4.98 Å². The molecular formula is C28H25FN2O3. The molecule has 6 heteroatoms. The number of pyridine rings is 1. The average Bonchev–Trinajstić information content (AvgIpc) is 2.89. The topological polar surface area (TPSA) is 51.7 Å². The van der Waals surface area contributed by atoms with Gasteiger partial charge in [0.15, 0.2) is 5.78 Å². The summed E-state index contributed by atoms with van der Waals surface area (Å²) in [5.41, 5.74) is 3.01. The Kier molecular flexibility index (Phi) is 6.49. The summed E-state index contributed by atoms with van der Waals surface area (Å²) in [6, 6.07) is 20.1. The normalized spacial score (nSPS) is 13.7. The van der Waals surface area contributed by atoms with Gasteiger partial charge in [-0.3, -0.25) is 9.78 Å². The lowest BCUT2D eigenvalue weighted by atomic mass is 9.96. The summed E-state index contributed by atoms with van der Waals surface area (Å²) in [7, 11) is 0. The molecule has 34 heavy (non-hydrogen) atoms. The molecule has 5 nitrogen and oxygen atoms in total. The molecule has 1 aromatic heterocycles. The number of ketones is 1. The minimum atomic E-state index is -0.406. The van der Waals surface area contributed by atoms with Gasteiger partial charge in [0.05, 0.1) is 13.2 Å². The van der Waals surface area contributed by atoms with E-state index >= 15 is 0 Å². The standard InChI is InChI=1S/C28H25FN2O3/c29-23-15-22(16-24(18-23)31-11-13-33-14-12-31)27(32)17-21-5-6-28(26-4-2-1-3-25(21)26)34-19-20-7-9-30-10-8-20/h1-10,15-16,18H,11-14,17,19H2. The smallest absolute Gasteiger partial charge is 0.167 e. The molecule has 0 amide bonds. The molecule has 5 rings (SSSR count). The van der Waals surface area contributed by atoms with Crippen molar-refractivity contribution in [3.8, 4) is 5.75 Å². The lowest BCUT2D eigenvalue weighted by Crippen LogP contribution is -2.36. The van der Waals surface area contributed by atoms with Gasteiger partial charge in [-0.25, -0.2) is 4.39 Å². The van der Waals surface area contributed by atoms with Gasteiger partial charge in [0.1, 0.15) is 18.2 Å². The zero-order valence-electron chi connectivity index (χ0n) is 18.7. The van der Waals surface area contributed by atoms with Crippen LogP contribution in [-0.4, -0.2) is 37.1 Å². The van der Waals surface area contributed by atoms with Crippen LogP contribution in [0.25, 0.3) is 10.8 Å². The van der Waals surface area contributed by atoms with Gasteiger partial charge < -0.3 is 14.4 Å². The van der Waals surface area contributed by atoms with Crippen LogP contribution < -0.4 is 9.64 Å². The minimum absolute atomic E-state index is 0.121. The van der Waals surface area contributed by atoms with Crippen LogP contribution >= 0.6 is 0 Å². The van der Waals surface area contributed by atoms with Crippen molar-refractivity contribution in [1.29, 1.82) is 0 Å². The van der Waals surface area contributed by atoms with Crippen molar-refractivity contribution in [2.45, 2.75) is 13.0 Å². The Bertz CT molecular complexity index is 1300. The van der Waals surface area contributed by atoms with Gasteiger partial charge >= 0.3 is 0 Å². The quantitative estimate of drug-likeness (QED) is 0.357. The maximum atomic E-state index is 14.4. The summed E-state index contributed by atoms with van der Waals surface area (Å²) < 4.78 is 25.8. The summed E-state index contributed by atoms with van der Waals surface area (Å²) in [6.45, 7) is 2.99. The largest absolute Gasteiger partial charge is 0.488 e. The molecule has 1 aliphatic rings. The van der Waals surface area contributed by atoms with Crippen LogP contribution in [0.1, 0.15) is 21.5 Å². The minimum Gasteiger partial charge on any atom is -0.488 e. The number of carbonyl (C=O) groups is 1. The maximum Gasteiger partial charge on any atom is 0.167 e. The maximum absolute atomic E-state index is 14.4. The second kappa shape index (κ2) is 10.0. The fourth-order valence-electron chi connectivity index (χ4n) is 4.27. The molecule has 0 bridgehead atoms. The van der Waals surface area contributed by atoms with Gasteiger partial charge in [0.2, 0.25) is 0 Å². The third-order valence-corrected chi connectivity index (χ3v) is 6.05. The fourth-order valence-corrected chi connectivity index (χ4v) is 4.27. The lowest BCUT2D eigenvalue weighted by molar-refractivity contribution is 0.0993. The Balaban J connectivity index is 1.39.